The van der Waals surface area contributed by atoms with Crippen LogP contribution in [0.25, 0.3) is 0 Å². The molecule has 0 aromatic carbocycles. The van der Waals surface area contributed by atoms with Gasteiger partial charge in [0.15, 0.2) is 5.96 Å². The zero-order chi connectivity index (χ0) is 18.2. The lowest BCUT2D eigenvalue weighted by Gasteiger charge is -2.11. The highest BCUT2D eigenvalue weighted by atomic mass is 16.5. The highest BCUT2D eigenvalue weighted by Crippen LogP contribution is 2.14. The van der Waals surface area contributed by atoms with Gasteiger partial charge in [0.25, 0.3) is 0 Å². The second-order valence-corrected chi connectivity index (χ2v) is 5.86. The molecule has 0 amide bonds. The zero-order valence-electron chi connectivity index (χ0n) is 15.8. The van der Waals surface area contributed by atoms with Crippen LogP contribution in [0.2, 0.25) is 0 Å². The van der Waals surface area contributed by atoms with Crippen LogP contribution in [-0.2, 0) is 31.4 Å². The maximum absolute atomic E-state index is 5.14. The van der Waals surface area contributed by atoms with E-state index in [4.69, 9.17) is 9.73 Å². The molecule has 2 N–H and O–H groups in total. The van der Waals surface area contributed by atoms with Gasteiger partial charge >= 0.3 is 0 Å². The highest BCUT2D eigenvalue weighted by molar-refractivity contribution is 5.79. The van der Waals surface area contributed by atoms with Gasteiger partial charge in [-0.2, -0.15) is 10.2 Å². The molecule has 0 fully saturated rings. The SMILES string of the molecule is CCNC(=NCc1c(C)nn(CCOC)c1C)NCc1ccnn1C. The lowest BCUT2D eigenvalue weighted by Crippen LogP contribution is -2.37. The smallest absolute Gasteiger partial charge is 0.191 e. The van der Waals surface area contributed by atoms with Crippen LogP contribution in [0.15, 0.2) is 17.3 Å². The van der Waals surface area contributed by atoms with E-state index in [9.17, 15) is 0 Å². The largest absolute Gasteiger partial charge is 0.383 e. The Bertz CT molecular complexity index is 702. The van der Waals surface area contributed by atoms with Crippen molar-refractivity contribution in [3.05, 3.63) is 34.9 Å². The molecule has 25 heavy (non-hydrogen) atoms. The Morgan fingerprint density at radius 1 is 1.32 bits per heavy atom. The molecule has 2 heterocycles. The van der Waals surface area contributed by atoms with Gasteiger partial charge in [-0.25, -0.2) is 4.99 Å². The standard InChI is InChI=1S/C17H29N7O/c1-6-18-17(19-11-15-7-8-21-23(15)4)20-12-16-13(2)22-24(14(16)3)9-10-25-5/h7-8H,6,9-12H2,1-5H3,(H2,18,19,20). The normalized spacial score (nSPS) is 11.8. The van der Waals surface area contributed by atoms with Gasteiger partial charge in [0.1, 0.15) is 0 Å². The number of aromatic nitrogens is 4. The van der Waals surface area contributed by atoms with Gasteiger partial charge < -0.3 is 15.4 Å². The number of rotatable bonds is 8. The summed E-state index contributed by atoms with van der Waals surface area (Å²) in [6, 6.07) is 1.99. The third kappa shape index (κ3) is 5.06. The first-order valence-corrected chi connectivity index (χ1v) is 8.57. The number of methoxy groups -OCH3 is 1. The number of hydrogen-bond donors (Lipinski definition) is 2. The van der Waals surface area contributed by atoms with Gasteiger partial charge in [-0.15, -0.1) is 0 Å². The Kier molecular flexibility index (Phi) is 7.00. The molecule has 0 atom stereocenters. The Labute approximate surface area is 149 Å². The zero-order valence-corrected chi connectivity index (χ0v) is 15.8. The van der Waals surface area contributed by atoms with Crippen LogP contribution >= 0.6 is 0 Å². The fourth-order valence-electron chi connectivity index (χ4n) is 2.61. The number of aliphatic imine (C=N–C) groups is 1. The lowest BCUT2D eigenvalue weighted by atomic mass is 10.2. The first-order chi connectivity index (χ1) is 12.1. The van der Waals surface area contributed by atoms with Gasteiger partial charge in [-0.05, 0) is 26.8 Å². The lowest BCUT2D eigenvalue weighted by molar-refractivity contribution is 0.182. The quantitative estimate of drug-likeness (QED) is 0.553. The monoisotopic (exact) mass is 347 g/mol. The van der Waals surface area contributed by atoms with Crippen LogP contribution in [0, 0.1) is 13.8 Å². The average molecular weight is 347 g/mol. The average Bonchev–Trinajstić information content (AvgIpc) is 3.12. The molecule has 8 heteroatoms. The summed E-state index contributed by atoms with van der Waals surface area (Å²) in [6.45, 7) is 9.64. The summed E-state index contributed by atoms with van der Waals surface area (Å²) in [7, 11) is 3.63. The van der Waals surface area contributed by atoms with E-state index in [0.29, 0.717) is 19.7 Å². The number of aryl methyl sites for hydroxylation is 2. The van der Waals surface area contributed by atoms with Gasteiger partial charge in [0.05, 0.1) is 37.6 Å². The first-order valence-electron chi connectivity index (χ1n) is 8.57. The highest BCUT2D eigenvalue weighted by Gasteiger charge is 2.11. The van der Waals surface area contributed by atoms with Crippen molar-refractivity contribution >= 4 is 5.96 Å². The summed E-state index contributed by atoms with van der Waals surface area (Å²) in [5.41, 5.74) is 4.42. The van der Waals surface area contributed by atoms with Crippen LogP contribution in [0.4, 0.5) is 0 Å². The van der Waals surface area contributed by atoms with Gasteiger partial charge in [-0.3, -0.25) is 9.36 Å². The van der Waals surface area contributed by atoms with E-state index in [2.05, 4.69) is 34.7 Å². The second-order valence-electron chi connectivity index (χ2n) is 5.86. The summed E-state index contributed by atoms with van der Waals surface area (Å²) in [5.74, 6) is 0.784. The summed E-state index contributed by atoms with van der Waals surface area (Å²) >= 11 is 0. The Hall–Kier alpha value is -2.35. The number of ether oxygens (including phenoxy) is 1. The molecule has 0 saturated heterocycles. The molecular formula is C17H29N7O. The van der Waals surface area contributed by atoms with Crippen molar-refractivity contribution in [1.82, 2.24) is 30.2 Å². The van der Waals surface area contributed by atoms with Gasteiger partial charge in [0.2, 0.25) is 0 Å². The molecule has 0 spiro atoms. The predicted molar refractivity (Wildman–Crippen MR) is 98.4 cm³/mol. The van der Waals surface area contributed by atoms with Crippen LogP contribution in [-0.4, -0.2) is 45.8 Å². The third-order valence-electron chi connectivity index (χ3n) is 4.14. The van der Waals surface area contributed by atoms with Crippen molar-refractivity contribution in [3.8, 4) is 0 Å². The molecule has 0 radical (unpaired) electrons. The molecular weight excluding hydrogens is 318 g/mol. The van der Waals surface area contributed by atoms with Crippen molar-refractivity contribution < 1.29 is 4.74 Å². The molecule has 2 rings (SSSR count). The van der Waals surface area contributed by atoms with Crippen molar-refractivity contribution in [2.75, 3.05) is 20.3 Å². The minimum Gasteiger partial charge on any atom is -0.383 e. The van der Waals surface area contributed by atoms with Crippen molar-refractivity contribution in [1.29, 1.82) is 0 Å². The number of hydrogen-bond acceptors (Lipinski definition) is 4. The molecule has 2 aromatic heterocycles. The van der Waals surface area contributed by atoms with Gasteiger partial charge in [-0.1, -0.05) is 0 Å². The van der Waals surface area contributed by atoms with Gasteiger partial charge in [0, 0.05) is 38.2 Å². The van der Waals surface area contributed by atoms with E-state index in [-0.39, 0.29) is 0 Å². The van der Waals surface area contributed by atoms with Crippen LogP contribution in [0.1, 0.15) is 29.6 Å². The molecule has 0 unspecified atom stereocenters. The summed E-state index contributed by atoms with van der Waals surface area (Å²) in [6.07, 6.45) is 1.79. The molecule has 0 aliphatic heterocycles. The van der Waals surface area contributed by atoms with E-state index in [1.54, 1.807) is 13.3 Å². The molecule has 138 valence electrons. The Morgan fingerprint density at radius 2 is 2.12 bits per heavy atom. The first kappa shape index (κ1) is 19.0. The Balaban J connectivity index is 2.05. The van der Waals surface area contributed by atoms with E-state index in [1.165, 1.54) is 0 Å². The van der Waals surface area contributed by atoms with E-state index < -0.39 is 0 Å². The minimum atomic E-state index is 0.589. The second kappa shape index (κ2) is 9.22. The third-order valence-corrected chi connectivity index (χ3v) is 4.14. The minimum absolute atomic E-state index is 0.589. The maximum Gasteiger partial charge on any atom is 0.191 e. The molecule has 0 saturated carbocycles. The number of nitrogens with zero attached hydrogens (tertiary/aromatic N) is 5. The number of nitrogens with one attached hydrogen (secondary N) is 2. The summed E-state index contributed by atoms with van der Waals surface area (Å²) in [5, 5.41) is 15.4. The van der Waals surface area contributed by atoms with Crippen LogP contribution < -0.4 is 10.6 Å². The van der Waals surface area contributed by atoms with Crippen molar-refractivity contribution in [2.45, 2.75) is 40.4 Å². The number of guanidine groups is 1. The van der Waals surface area contributed by atoms with E-state index in [1.807, 2.05) is 29.4 Å². The predicted octanol–water partition coefficient (Wildman–Crippen LogP) is 1.14. The van der Waals surface area contributed by atoms with Crippen molar-refractivity contribution in [3.63, 3.8) is 0 Å². The maximum atomic E-state index is 5.14. The fourth-order valence-corrected chi connectivity index (χ4v) is 2.61. The van der Waals surface area contributed by atoms with Crippen LogP contribution in [0.5, 0.6) is 0 Å². The Morgan fingerprint density at radius 3 is 2.76 bits per heavy atom. The summed E-state index contributed by atoms with van der Waals surface area (Å²) in [4.78, 5) is 4.71. The van der Waals surface area contributed by atoms with Crippen molar-refractivity contribution in [2.24, 2.45) is 12.0 Å². The van der Waals surface area contributed by atoms with Crippen LogP contribution in [0.3, 0.4) is 0 Å². The molecule has 0 aliphatic rings. The topological polar surface area (TPSA) is 81.3 Å². The summed E-state index contributed by atoms with van der Waals surface area (Å²) < 4.78 is 8.98. The molecule has 8 nitrogen and oxygen atoms in total. The fraction of sp³-hybridized carbons (Fsp3) is 0.588. The molecule has 0 bridgehead atoms. The van der Waals surface area contributed by atoms with E-state index in [0.717, 1.165) is 41.7 Å². The molecule has 0 aliphatic carbocycles. The van der Waals surface area contributed by atoms with E-state index >= 15 is 0 Å². The molecule has 2 aromatic rings.